The second-order valence-corrected chi connectivity index (χ2v) is 0.986. The first-order valence-corrected chi connectivity index (χ1v) is 1.88. The molecule has 14 heavy (non-hydrogen) atoms. The minimum Gasteiger partial charge on any atom is -1.00 e. The van der Waals surface area contributed by atoms with Gasteiger partial charge in [-0.3, -0.25) is 0 Å². The Kier molecular flexibility index (Phi) is 45.1. The summed E-state index contributed by atoms with van der Waals surface area (Å²) < 4.78 is 6.47. The third-order valence-corrected chi connectivity index (χ3v) is 0.341. The fraction of sp³-hybridized carbons (Fsp3) is 0. The Hall–Kier alpha value is 4.83. The average Bonchev–Trinajstić information content (AvgIpc) is 1.58. The summed E-state index contributed by atoms with van der Waals surface area (Å²) >= 11 is 0. The number of carboxylic acid groups (broad SMARTS) is 2. The second-order valence-electron chi connectivity index (χ2n) is 0.986. The van der Waals surface area contributed by atoms with Crippen molar-refractivity contribution in [2.75, 3.05) is 0 Å². The molecule has 0 heterocycles. The summed E-state index contributed by atoms with van der Waals surface area (Å²) in [6, 6.07) is 0. The van der Waals surface area contributed by atoms with Gasteiger partial charge in [0.05, 0.1) is 0 Å². The summed E-state index contributed by atoms with van der Waals surface area (Å²) in [5.74, 6) is 0. The fourth-order valence-corrected chi connectivity index (χ4v) is 0.163. The zero-order chi connectivity index (χ0) is 8.15. The largest absolute Gasteiger partial charge is 2.00 e. The topological polar surface area (TPSA) is 110 Å². The summed E-state index contributed by atoms with van der Waals surface area (Å²) in [6.07, 6.45) is -5.64. The van der Waals surface area contributed by atoms with Crippen LogP contribution in [-0.4, -0.2) is 104 Å². The average molecular weight is 502 g/mol. The van der Waals surface area contributed by atoms with E-state index in [0.717, 1.165) is 0 Å². The van der Waals surface area contributed by atoms with Gasteiger partial charge in [-0.05, 0) is 0 Å². The summed E-state index contributed by atoms with van der Waals surface area (Å²) in [7, 11) is 0. The van der Waals surface area contributed by atoms with Crippen molar-refractivity contribution in [2.24, 2.45) is 0 Å². The number of carbonyl (C=O) groups is 3. The number of hydrogen-bond donors (Lipinski definition) is 2. The molecule has 0 saturated carbocycles. The van der Waals surface area contributed by atoms with Crippen molar-refractivity contribution in [1.29, 1.82) is 0 Å². The Labute approximate surface area is 266 Å². The quantitative estimate of drug-likeness (QED) is 0.193. The Morgan fingerprint density at radius 2 is 1.07 bits per heavy atom. The van der Waals surface area contributed by atoms with Gasteiger partial charge >= 0.3 is 232 Å². The van der Waals surface area contributed by atoms with Crippen LogP contribution in [0.5, 0.6) is 0 Å². The van der Waals surface area contributed by atoms with E-state index < -0.39 is 18.5 Å². The monoisotopic (exact) mass is 502 g/mol. The molecule has 0 atom stereocenters. The Morgan fingerprint density at radius 1 is 0.857 bits per heavy atom. The van der Waals surface area contributed by atoms with Crippen LogP contribution in [0.15, 0.2) is 0 Å². The molecule has 0 aromatic rings. The standard InChI is InChI=1S/C3H2O7.2Ca.2Cs.6H/c4-1(5)9-3(8)10-2(6)7;;;;;;;;;;/h(H,4,5)(H,6,7);;;;;;;;;;/q;2*+2;2*+1;6*-1. The van der Waals surface area contributed by atoms with E-state index in [1.54, 1.807) is 0 Å². The van der Waals surface area contributed by atoms with Crippen LogP contribution in [0.4, 0.5) is 14.4 Å². The molecule has 0 saturated heterocycles. The predicted molar refractivity (Wildman–Crippen MR) is 41.8 cm³/mol. The summed E-state index contributed by atoms with van der Waals surface area (Å²) in [5, 5.41) is 15.4. The number of rotatable bonds is 0. The molecule has 0 aromatic carbocycles. The first-order valence-electron chi connectivity index (χ1n) is 1.88. The Morgan fingerprint density at radius 3 is 1.21 bits per heavy atom. The van der Waals surface area contributed by atoms with E-state index in [2.05, 4.69) is 9.47 Å². The van der Waals surface area contributed by atoms with E-state index in [4.69, 9.17) is 10.2 Å². The summed E-state index contributed by atoms with van der Waals surface area (Å²) in [4.78, 5) is 28.8. The molecule has 0 fully saturated rings. The number of hydrogen-bond acceptors (Lipinski definition) is 5. The molecular weight excluding hydrogens is 494 g/mol. The maximum absolute atomic E-state index is 9.86. The van der Waals surface area contributed by atoms with Crippen molar-refractivity contribution in [3.63, 3.8) is 0 Å². The number of ether oxygens (including phenoxy) is 2. The molecule has 0 aliphatic heterocycles. The van der Waals surface area contributed by atoms with E-state index in [0.29, 0.717) is 0 Å². The normalized spacial score (nSPS) is 5.71. The minimum atomic E-state index is -1.92. The molecule has 68 valence electrons. The summed E-state index contributed by atoms with van der Waals surface area (Å²) in [6.45, 7) is 0. The van der Waals surface area contributed by atoms with Gasteiger partial charge in [-0.15, -0.1) is 0 Å². The van der Waals surface area contributed by atoms with Crippen molar-refractivity contribution < 1.29 is 180 Å². The van der Waals surface area contributed by atoms with Gasteiger partial charge in [0.15, 0.2) is 0 Å². The molecule has 0 bridgehead atoms. The van der Waals surface area contributed by atoms with Crippen LogP contribution < -0.4 is 138 Å². The third-order valence-electron chi connectivity index (χ3n) is 0.341. The van der Waals surface area contributed by atoms with Crippen LogP contribution in [0.25, 0.3) is 0 Å². The van der Waals surface area contributed by atoms with Crippen LogP contribution in [0.2, 0.25) is 0 Å². The van der Waals surface area contributed by atoms with E-state index in [1.165, 1.54) is 0 Å². The molecule has 2 N–H and O–H groups in total. The van der Waals surface area contributed by atoms with Gasteiger partial charge in [0.25, 0.3) is 0 Å². The van der Waals surface area contributed by atoms with Crippen LogP contribution in [0.1, 0.15) is 8.56 Å². The molecule has 0 rings (SSSR count). The fourth-order valence-electron chi connectivity index (χ4n) is 0.163. The van der Waals surface area contributed by atoms with Crippen molar-refractivity contribution >= 4 is 93.9 Å². The van der Waals surface area contributed by atoms with Gasteiger partial charge in [-0.1, -0.05) is 0 Å². The molecule has 0 radical (unpaired) electrons. The van der Waals surface area contributed by atoms with Crippen molar-refractivity contribution in [3.05, 3.63) is 0 Å². The molecule has 0 aliphatic carbocycles. The van der Waals surface area contributed by atoms with Gasteiger partial charge < -0.3 is 28.2 Å². The second kappa shape index (κ2) is 20.2. The van der Waals surface area contributed by atoms with E-state index in [9.17, 15) is 14.4 Å². The van der Waals surface area contributed by atoms with Crippen molar-refractivity contribution in [3.8, 4) is 0 Å². The molecule has 0 spiro atoms. The molecule has 0 amide bonds. The first-order chi connectivity index (χ1) is 4.52. The number of carbonyl (C=O) groups excluding carboxylic acids is 1. The summed E-state index contributed by atoms with van der Waals surface area (Å²) in [5.41, 5.74) is 0. The van der Waals surface area contributed by atoms with E-state index in [1.807, 2.05) is 0 Å². The third kappa shape index (κ3) is 25.6. The van der Waals surface area contributed by atoms with Gasteiger partial charge in [0, 0.05) is 0 Å². The molecule has 0 aromatic heterocycles. The van der Waals surface area contributed by atoms with Gasteiger partial charge in [0.1, 0.15) is 0 Å². The predicted octanol–water partition coefficient (Wildman–Crippen LogP) is -5.58. The van der Waals surface area contributed by atoms with Crippen LogP contribution in [-0.2, 0) is 9.47 Å². The van der Waals surface area contributed by atoms with Crippen LogP contribution >= 0.6 is 0 Å². The van der Waals surface area contributed by atoms with Gasteiger partial charge in [-0.2, -0.15) is 0 Å². The van der Waals surface area contributed by atoms with Crippen LogP contribution in [0.3, 0.4) is 0 Å². The van der Waals surface area contributed by atoms with Gasteiger partial charge in [0.2, 0.25) is 0 Å². The Bertz CT molecular complexity index is 185. The molecule has 7 nitrogen and oxygen atoms in total. The molecular formula is C3H8Ca2Cs2O7. The van der Waals surface area contributed by atoms with E-state index >= 15 is 0 Å². The first kappa shape index (κ1) is 31.3. The van der Waals surface area contributed by atoms with E-state index in [-0.39, 0.29) is 222 Å². The van der Waals surface area contributed by atoms with Crippen molar-refractivity contribution in [1.82, 2.24) is 0 Å². The van der Waals surface area contributed by atoms with Gasteiger partial charge in [-0.25, -0.2) is 14.4 Å². The minimum absolute atomic E-state index is 0. The Balaban J connectivity index is -0.00000000900. The van der Waals surface area contributed by atoms with Crippen LogP contribution in [0, 0.1) is 0 Å². The van der Waals surface area contributed by atoms with Crippen molar-refractivity contribution in [2.45, 2.75) is 0 Å². The SMILES string of the molecule is O=C(O)OC(=O)OC(=O)O.[Ca+2].[Ca+2].[Cs+].[Cs+].[H-].[H-].[H-].[H-].[H-].[H-]. The zero-order valence-corrected chi connectivity index (χ0v) is 24.8. The smallest absolute Gasteiger partial charge is 1.00 e. The maximum atomic E-state index is 9.86. The molecule has 0 unspecified atom stereocenters. The maximum Gasteiger partial charge on any atom is 2.00 e. The zero-order valence-electron chi connectivity index (χ0n) is 13.8. The molecule has 11 heteroatoms. The molecule has 0 aliphatic rings.